The first-order valence-corrected chi connectivity index (χ1v) is 3.03. The zero-order valence-electron chi connectivity index (χ0n) is 5.20. The minimum absolute atomic E-state index is 0.294. The van der Waals surface area contributed by atoms with Gasteiger partial charge in [-0.25, -0.2) is 4.79 Å². The second kappa shape index (κ2) is 1.91. The molecule has 0 fully saturated rings. The highest BCUT2D eigenvalue weighted by molar-refractivity contribution is 6.06. The molecule has 0 aromatic heterocycles. The van der Waals surface area contributed by atoms with Crippen molar-refractivity contribution in [3.05, 3.63) is 12.2 Å². The molecule has 0 aromatic rings. The van der Waals surface area contributed by atoms with Crippen LogP contribution in [0.25, 0.3) is 0 Å². The lowest BCUT2D eigenvalue weighted by atomic mass is 10.2. The Morgan fingerprint density at radius 2 is 2.60 bits per heavy atom. The van der Waals surface area contributed by atoms with Crippen LogP contribution in [-0.4, -0.2) is 24.6 Å². The lowest BCUT2D eigenvalue weighted by Crippen LogP contribution is -2.36. The molecule has 0 saturated carbocycles. The fraction of sp³-hybridized carbons (Fsp3) is 0.333. The molecule has 4 nitrogen and oxygen atoms in total. The number of nitrogens with one attached hydrogen (secondary N) is 1. The number of aliphatic imine (C=N–C) groups is 1. The molecule has 4 heteroatoms. The summed E-state index contributed by atoms with van der Waals surface area (Å²) in [6.07, 6.45) is 2.76. The number of rotatable bonds is 0. The number of carbonyl (C=O) groups excluding carboxylic acids is 1. The van der Waals surface area contributed by atoms with Gasteiger partial charge in [0, 0.05) is 6.08 Å². The molecule has 2 heterocycles. The van der Waals surface area contributed by atoms with E-state index in [9.17, 15) is 4.79 Å². The Hall–Kier alpha value is -1.16. The maximum absolute atomic E-state index is 10.6. The van der Waals surface area contributed by atoms with Crippen LogP contribution in [0.5, 0.6) is 0 Å². The monoisotopic (exact) mass is 138 g/mol. The van der Waals surface area contributed by atoms with Gasteiger partial charge in [-0.05, 0) is 6.08 Å². The smallest absolute Gasteiger partial charge is 0.332 e. The van der Waals surface area contributed by atoms with Crippen LogP contribution in [0, 0.1) is 0 Å². The van der Waals surface area contributed by atoms with Crippen LogP contribution in [0.3, 0.4) is 0 Å². The van der Waals surface area contributed by atoms with Gasteiger partial charge in [0.1, 0.15) is 0 Å². The first-order valence-electron chi connectivity index (χ1n) is 3.03. The minimum atomic E-state index is -0.307. The van der Waals surface area contributed by atoms with Crippen LogP contribution in [0.4, 0.5) is 0 Å². The van der Waals surface area contributed by atoms with E-state index in [1.165, 1.54) is 6.08 Å². The van der Waals surface area contributed by atoms with Crippen molar-refractivity contribution < 1.29 is 9.53 Å². The number of hydrogen-bond acceptors (Lipinski definition) is 4. The highest BCUT2D eigenvalue weighted by atomic mass is 16.6. The van der Waals surface area contributed by atoms with Gasteiger partial charge in [-0.3, -0.25) is 10.3 Å². The van der Waals surface area contributed by atoms with E-state index in [4.69, 9.17) is 4.74 Å². The molecule has 0 spiro atoms. The Bertz CT molecular complexity index is 232. The van der Waals surface area contributed by atoms with E-state index in [-0.39, 0.29) is 12.2 Å². The Morgan fingerprint density at radius 3 is 3.50 bits per heavy atom. The topological polar surface area (TPSA) is 50.7 Å². The minimum Gasteiger partial charge on any atom is -0.437 e. The summed E-state index contributed by atoms with van der Waals surface area (Å²) < 4.78 is 4.84. The molecule has 1 unspecified atom stereocenters. The summed E-state index contributed by atoms with van der Waals surface area (Å²) in [5.41, 5.74) is 0.805. The quantitative estimate of drug-likeness (QED) is 0.456. The predicted molar refractivity (Wildman–Crippen MR) is 34.5 cm³/mol. The highest BCUT2D eigenvalue weighted by Gasteiger charge is 2.24. The van der Waals surface area contributed by atoms with Crippen LogP contribution in [0.2, 0.25) is 0 Å². The third-order valence-electron chi connectivity index (χ3n) is 1.43. The number of carbonyl (C=O) groups is 1. The largest absolute Gasteiger partial charge is 0.437 e. The van der Waals surface area contributed by atoms with Gasteiger partial charge in [0.15, 0.2) is 6.23 Å². The zero-order valence-corrected chi connectivity index (χ0v) is 5.20. The number of hydrogen-bond donors (Lipinski definition) is 1. The molecule has 0 bridgehead atoms. The van der Waals surface area contributed by atoms with Crippen molar-refractivity contribution in [3.8, 4) is 0 Å². The molecule has 1 N–H and O–H groups in total. The molecular formula is C6H6N2O2. The third-order valence-corrected chi connectivity index (χ3v) is 1.43. The maximum Gasteiger partial charge on any atom is 0.332 e. The van der Waals surface area contributed by atoms with Gasteiger partial charge in [-0.2, -0.15) is 0 Å². The fourth-order valence-electron chi connectivity index (χ4n) is 0.958. The Balaban J connectivity index is 2.28. The van der Waals surface area contributed by atoms with Crippen LogP contribution in [0.1, 0.15) is 0 Å². The van der Waals surface area contributed by atoms with Gasteiger partial charge in [0.05, 0.1) is 12.4 Å². The SMILES string of the molecule is O=C1C=CC2=NCNC2O1. The summed E-state index contributed by atoms with van der Waals surface area (Å²) >= 11 is 0. The van der Waals surface area contributed by atoms with Crippen molar-refractivity contribution in [1.82, 2.24) is 5.32 Å². The molecule has 0 aliphatic carbocycles. The third kappa shape index (κ3) is 0.733. The average molecular weight is 138 g/mol. The molecule has 2 aliphatic rings. The molecule has 52 valence electrons. The molecule has 2 rings (SSSR count). The van der Waals surface area contributed by atoms with E-state index < -0.39 is 0 Å². The van der Waals surface area contributed by atoms with Crippen LogP contribution < -0.4 is 5.32 Å². The normalized spacial score (nSPS) is 29.4. The van der Waals surface area contributed by atoms with E-state index in [1.807, 2.05) is 0 Å². The van der Waals surface area contributed by atoms with Crippen molar-refractivity contribution in [2.24, 2.45) is 4.99 Å². The Kier molecular flexibility index (Phi) is 1.07. The summed E-state index contributed by atoms with van der Waals surface area (Å²) in [5.74, 6) is -0.307. The zero-order chi connectivity index (χ0) is 6.97. The van der Waals surface area contributed by atoms with Crippen molar-refractivity contribution in [1.29, 1.82) is 0 Å². The Morgan fingerprint density at radius 1 is 1.70 bits per heavy atom. The molecule has 1 atom stereocenters. The van der Waals surface area contributed by atoms with E-state index in [0.717, 1.165) is 5.71 Å². The lowest BCUT2D eigenvalue weighted by Gasteiger charge is -2.14. The van der Waals surface area contributed by atoms with Crippen molar-refractivity contribution >= 4 is 11.7 Å². The fourth-order valence-corrected chi connectivity index (χ4v) is 0.958. The van der Waals surface area contributed by atoms with Gasteiger partial charge in [-0.1, -0.05) is 0 Å². The summed E-state index contributed by atoms with van der Waals surface area (Å²) in [6.45, 7) is 0.539. The van der Waals surface area contributed by atoms with Crippen molar-refractivity contribution in [3.63, 3.8) is 0 Å². The average Bonchev–Trinajstić information content (AvgIpc) is 2.33. The molecule has 0 radical (unpaired) electrons. The summed E-state index contributed by atoms with van der Waals surface area (Å²) in [4.78, 5) is 14.6. The van der Waals surface area contributed by atoms with Crippen LogP contribution >= 0.6 is 0 Å². The first-order chi connectivity index (χ1) is 4.86. The van der Waals surface area contributed by atoms with Crippen molar-refractivity contribution in [2.75, 3.05) is 6.67 Å². The highest BCUT2D eigenvalue weighted by Crippen LogP contribution is 2.06. The number of ether oxygens (including phenoxy) is 1. The molecule has 0 saturated heterocycles. The van der Waals surface area contributed by atoms with Gasteiger partial charge >= 0.3 is 5.97 Å². The van der Waals surface area contributed by atoms with Crippen LogP contribution in [-0.2, 0) is 9.53 Å². The molecule has 10 heavy (non-hydrogen) atoms. The lowest BCUT2D eigenvalue weighted by molar-refractivity contribution is -0.141. The van der Waals surface area contributed by atoms with Crippen molar-refractivity contribution in [2.45, 2.75) is 6.23 Å². The number of esters is 1. The van der Waals surface area contributed by atoms with Gasteiger partial charge in [0.2, 0.25) is 0 Å². The van der Waals surface area contributed by atoms with Gasteiger partial charge in [-0.15, -0.1) is 0 Å². The molecule has 0 aromatic carbocycles. The molecule has 0 amide bonds. The van der Waals surface area contributed by atoms with Gasteiger partial charge in [0.25, 0.3) is 0 Å². The van der Waals surface area contributed by atoms with E-state index in [0.29, 0.717) is 6.67 Å². The molecule has 2 aliphatic heterocycles. The second-order valence-corrected chi connectivity index (χ2v) is 2.10. The predicted octanol–water partition coefficient (Wildman–Crippen LogP) is -0.573. The standard InChI is InChI=1S/C6H6N2O2/c9-5-2-1-4-6(10-5)8-3-7-4/h1-2,6,8H,3H2. The van der Waals surface area contributed by atoms with E-state index in [1.54, 1.807) is 6.08 Å². The summed E-state index contributed by atoms with van der Waals surface area (Å²) in [6, 6.07) is 0. The first kappa shape index (κ1) is 5.61. The van der Waals surface area contributed by atoms with E-state index in [2.05, 4.69) is 10.3 Å². The van der Waals surface area contributed by atoms with Gasteiger partial charge < -0.3 is 4.74 Å². The Labute approximate surface area is 57.6 Å². The van der Waals surface area contributed by atoms with E-state index >= 15 is 0 Å². The maximum atomic E-state index is 10.6. The summed E-state index contributed by atoms with van der Waals surface area (Å²) in [7, 11) is 0. The molecular weight excluding hydrogens is 132 g/mol. The summed E-state index contributed by atoms with van der Waals surface area (Å²) in [5, 5.41) is 2.89. The van der Waals surface area contributed by atoms with Crippen LogP contribution in [0.15, 0.2) is 17.1 Å². The number of nitrogens with zero attached hydrogens (tertiary/aromatic N) is 1. The number of fused-ring (bicyclic) bond motifs is 1. The second-order valence-electron chi connectivity index (χ2n) is 2.10.